The van der Waals surface area contributed by atoms with E-state index in [1.165, 1.54) is 0 Å². The van der Waals surface area contributed by atoms with E-state index in [0.717, 1.165) is 23.5 Å². The first-order chi connectivity index (χ1) is 14.4. The second-order valence-corrected chi connectivity index (χ2v) is 8.51. The van der Waals surface area contributed by atoms with Crippen molar-refractivity contribution in [2.24, 2.45) is 0 Å². The maximum Gasteiger partial charge on any atom is 0.263 e. The average Bonchev–Trinajstić information content (AvgIpc) is 3.58. The predicted molar refractivity (Wildman–Crippen MR) is 120 cm³/mol. The van der Waals surface area contributed by atoms with E-state index in [4.69, 9.17) is 9.47 Å². The van der Waals surface area contributed by atoms with Gasteiger partial charge in [0.25, 0.3) is 5.91 Å². The Morgan fingerprint density at radius 1 is 0.967 bits per heavy atom. The molecule has 3 aromatic carbocycles. The minimum atomic E-state index is -0.159. The fraction of sp³-hybridized carbons (Fsp3) is 0.269. The molecule has 4 rings (SSSR count). The molecule has 0 saturated carbocycles. The first-order valence-corrected chi connectivity index (χ1v) is 10.3. The minimum Gasteiger partial charge on any atom is -0.489 e. The van der Waals surface area contributed by atoms with Gasteiger partial charge in [-0.3, -0.25) is 9.69 Å². The number of para-hydroxylation sites is 3. The number of anilines is 2. The SMILES string of the molecule is CC(C)(C)c1ccccc1C(=O)N(c1ccccc1)c1ccccc1OCC1CO1. The zero-order chi connectivity index (χ0) is 21.1. The Hall–Kier alpha value is -3.11. The van der Waals surface area contributed by atoms with Crippen LogP contribution in [0.1, 0.15) is 36.7 Å². The van der Waals surface area contributed by atoms with Gasteiger partial charge in [0.2, 0.25) is 0 Å². The minimum absolute atomic E-state index is 0.0783. The maximum absolute atomic E-state index is 14.0. The van der Waals surface area contributed by atoms with Gasteiger partial charge in [0.1, 0.15) is 18.5 Å². The Morgan fingerprint density at radius 3 is 2.30 bits per heavy atom. The maximum atomic E-state index is 14.0. The lowest BCUT2D eigenvalue weighted by Crippen LogP contribution is -2.29. The summed E-state index contributed by atoms with van der Waals surface area (Å²) in [4.78, 5) is 15.7. The summed E-state index contributed by atoms with van der Waals surface area (Å²) in [5.74, 6) is 0.587. The molecule has 4 heteroatoms. The van der Waals surface area contributed by atoms with Crippen molar-refractivity contribution < 1.29 is 14.3 Å². The fourth-order valence-corrected chi connectivity index (χ4v) is 3.50. The monoisotopic (exact) mass is 401 g/mol. The molecule has 30 heavy (non-hydrogen) atoms. The van der Waals surface area contributed by atoms with E-state index in [2.05, 4.69) is 20.8 Å². The van der Waals surface area contributed by atoms with E-state index in [1.54, 1.807) is 4.90 Å². The molecule has 1 atom stereocenters. The van der Waals surface area contributed by atoms with Crippen molar-refractivity contribution in [3.8, 4) is 5.75 Å². The summed E-state index contributed by atoms with van der Waals surface area (Å²) in [5, 5.41) is 0. The van der Waals surface area contributed by atoms with Crippen LogP contribution in [0.2, 0.25) is 0 Å². The summed E-state index contributed by atoms with van der Waals surface area (Å²) >= 11 is 0. The summed E-state index contributed by atoms with van der Waals surface area (Å²) in [6.45, 7) is 7.57. The van der Waals surface area contributed by atoms with Gasteiger partial charge in [0.05, 0.1) is 12.3 Å². The number of rotatable bonds is 6. The van der Waals surface area contributed by atoms with Crippen molar-refractivity contribution in [1.82, 2.24) is 0 Å². The van der Waals surface area contributed by atoms with Gasteiger partial charge in [0, 0.05) is 11.3 Å². The average molecular weight is 402 g/mol. The van der Waals surface area contributed by atoms with E-state index in [0.29, 0.717) is 17.9 Å². The quantitative estimate of drug-likeness (QED) is 0.495. The number of carbonyl (C=O) groups excluding carboxylic acids is 1. The predicted octanol–water partition coefficient (Wildman–Crippen LogP) is 5.74. The lowest BCUT2D eigenvalue weighted by Gasteiger charge is -2.28. The zero-order valence-corrected chi connectivity index (χ0v) is 17.7. The third kappa shape index (κ3) is 4.39. The van der Waals surface area contributed by atoms with Crippen molar-refractivity contribution >= 4 is 17.3 Å². The Morgan fingerprint density at radius 2 is 1.60 bits per heavy atom. The fourth-order valence-electron chi connectivity index (χ4n) is 3.50. The third-order valence-corrected chi connectivity index (χ3v) is 5.12. The number of nitrogens with zero attached hydrogens (tertiary/aromatic N) is 1. The Balaban J connectivity index is 1.81. The Bertz CT molecular complexity index is 1020. The van der Waals surface area contributed by atoms with Gasteiger partial charge in [-0.05, 0) is 41.3 Å². The van der Waals surface area contributed by atoms with Gasteiger partial charge < -0.3 is 9.47 Å². The molecule has 154 valence electrons. The topological polar surface area (TPSA) is 42.1 Å². The molecular formula is C26H27NO3. The number of benzene rings is 3. The van der Waals surface area contributed by atoms with Gasteiger partial charge in [0.15, 0.2) is 0 Å². The second-order valence-electron chi connectivity index (χ2n) is 8.51. The molecule has 1 heterocycles. The summed E-state index contributed by atoms with van der Waals surface area (Å²) < 4.78 is 11.3. The van der Waals surface area contributed by atoms with Gasteiger partial charge in [-0.15, -0.1) is 0 Å². The highest BCUT2D eigenvalue weighted by molar-refractivity contribution is 6.12. The van der Waals surface area contributed by atoms with Crippen molar-refractivity contribution in [3.05, 3.63) is 90.0 Å². The van der Waals surface area contributed by atoms with E-state index >= 15 is 0 Å². The van der Waals surface area contributed by atoms with Crippen LogP contribution in [-0.4, -0.2) is 25.2 Å². The molecule has 0 bridgehead atoms. The molecular weight excluding hydrogens is 374 g/mol. The summed E-state index contributed by atoms with van der Waals surface area (Å²) in [7, 11) is 0. The molecule has 1 aliphatic heterocycles. The van der Waals surface area contributed by atoms with E-state index in [9.17, 15) is 4.79 Å². The van der Waals surface area contributed by atoms with Crippen LogP contribution in [-0.2, 0) is 10.2 Å². The van der Waals surface area contributed by atoms with Crippen molar-refractivity contribution in [2.75, 3.05) is 18.1 Å². The molecule has 3 aromatic rings. The van der Waals surface area contributed by atoms with Crippen molar-refractivity contribution in [3.63, 3.8) is 0 Å². The lowest BCUT2D eigenvalue weighted by molar-refractivity contribution is 0.0996. The highest BCUT2D eigenvalue weighted by Crippen LogP contribution is 2.37. The molecule has 0 aromatic heterocycles. The largest absolute Gasteiger partial charge is 0.489 e. The number of epoxide rings is 1. The third-order valence-electron chi connectivity index (χ3n) is 5.12. The van der Waals surface area contributed by atoms with Gasteiger partial charge >= 0.3 is 0 Å². The van der Waals surface area contributed by atoms with Gasteiger partial charge in [-0.2, -0.15) is 0 Å². The number of carbonyl (C=O) groups is 1. The normalized spacial score (nSPS) is 15.5. The van der Waals surface area contributed by atoms with Crippen LogP contribution in [0.15, 0.2) is 78.9 Å². The lowest BCUT2D eigenvalue weighted by atomic mass is 9.83. The molecule has 0 spiro atoms. The van der Waals surface area contributed by atoms with Crippen LogP contribution in [0, 0.1) is 0 Å². The van der Waals surface area contributed by atoms with Crippen LogP contribution < -0.4 is 9.64 Å². The second kappa shape index (κ2) is 8.33. The molecule has 1 saturated heterocycles. The van der Waals surface area contributed by atoms with Crippen molar-refractivity contribution in [2.45, 2.75) is 32.3 Å². The van der Waals surface area contributed by atoms with Crippen LogP contribution in [0.5, 0.6) is 5.75 Å². The zero-order valence-electron chi connectivity index (χ0n) is 17.7. The van der Waals surface area contributed by atoms with Crippen LogP contribution in [0.4, 0.5) is 11.4 Å². The van der Waals surface area contributed by atoms with Crippen LogP contribution in [0.3, 0.4) is 0 Å². The Labute approximate surface area is 178 Å². The number of hydrogen-bond acceptors (Lipinski definition) is 3. The first kappa shape index (κ1) is 20.2. The molecule has 1 fully saturated rings. The smallest absolute Gasteiger partial charge is 0.263 e. The van der Waals surface area contributed by atoms with Crippen LogP contribution in [0.25, 0.3) is 0 Å². The highest BCUT2D eigenvalue weighted by Gasteiger charge is 2.29. The Kier molecular flexibility index (Phi) is 5.60. The molecule has 0 N–H and O–H groups in total. The summed E-state index contributed by atoms with van der Waals surface area (Å²) in [6.07, 6.45) is 0.139. The van der Waals surface area contributed by atoms with E-state index in [1.807, 2.05) is 78.9 Å². The van der Waals surface area contributed by atoms with Gasteiger partial charge in [-0.1, -0.05) is 69.3 Å². The first-order valence-electron chi connectivity index (χ1n) is 10.3. The highest BCUT2D eigenvalue weighted by atomic mass is 16.6. The number of amides is 1. The molecule has 0 aliphatic carbocycles. The molecule has 1 amide bonds. The van der Waals surface area contributed by atoms with E-state index in [-0.39, 0.29) is 17.4 Å². The standard InChI is InChI=1S/C26H27NO3/c1-26(2,3)22-14-8-7-13-21(22)25(28)27(19-11-5-4-6-12-19)23-15-9-10-16-24(23)30-18-20-17-29-20/h4-16,20H,17-18H2,1-3H3. The summed E-state index contributed by atoms with van der Waals surface area (Å²) in [5.41, 5.74) is 3.06. The number of hydrogen-bond donors (Lipinski definition) is 0. The molecule has 1 aliphatic rings. The van der Waals surface area contributed by atoms with E-state index < -0.39 is 0 Å². The molecule has 0 radical (unpaired) electrons. The van der Waals surface area contributed by atoms with Crippen molar-refractivity contribution in [1.29, 1.82) is 0 Å². The molecule has 4 nitrogen and oxygen atoms in total. The molecule has 1 unspecified atom stereocenters. The number of ether oxygens (including phenoxy) is 2. The summed E-state index contributed by atoms with van der Waals surface area (Å²) in [6, 6.07) is 25.2. The van der Waals surface area contributed by atoms with Crippen LogP contribution >= 0.6 is 0 Å². The van der Waals surface area contributed by atoms with Gasteiger partial charge in [-0.25, -0.2) is 0 Å².